The number of aromatic nitrogens is 2. The highest BCUT2D eigenvalue weighted by atomic mass is 32.2. The Labute approximate surface area is 146 Å². The van der Waals surface area contributed by atoms with Crippen molar-refractivity contribution in [1.29, 1.82) is 0 Å². The van der Waals surface area contributed by atoms with Gasteiger partial charge >= 0.3 is 6.18 Å². The van der Waals surface area contributed by atoms with Crippen molar-refractivity contribution < 1.29 is 26.0 Å². The molecule has 6 nitrogen and oxygen atoms in total. The quantitative estimate of drug-likeness (QED) is 0.731. The van der Waals surface area contributed by atoms with Gasteiger partial charge in [0.25, 0.3) is 0 Å². The number of sulfonamides is 1. The molecule has 3 rings (SSSR count). The Bertz CT molecular complexity index is 1000. The minimum Gasteiger partial charge on any atom is -0.472 e. The van der Waals surface area contributed by atoms with Gasteiger partial charge in [0.15, 0.2) is 0 Å². The molecule has 0 fully saturated rings. The average molecular weight is 383 g/mol. The lowest BCUT2D eigenvalue weighted by Crippen LogP contribution is -2.24. The van der Waals surface area contributed by atoms with Crippen molar-refractivity contribution in [3.63, 3.8) is 0 Å². The Morgan fingerprint density at radius 2 is 1.88 bits per heavy atom. The molecule has 0 atom stereocenters. The van der Waals surface area contributed by atoms with Gasteiger partial charge in [-0.3, -0.25) is 9.97 Å². The first-order valence-corrected chi connectivity index (χ1v) is 8.75. The number of hydrogen-bond acceptors (Lipinski definition) is 5. The fourth-order valence-electron chi connectivity index (χ4n) is 2.22. The summed E-state index contributed by atoms with van der Waals surface area (Å²) in [5.41, 5.74) is 0.280. The van der Waals surface area contributed by atoms with Crippen LogP contribution in [0.4, 0.5) is 13.2 Å². The number of benzene rings is 1. The first-order valence-electron chi connectivity index (χ1n) is 7.27. The molecule has 26 heavy (non-hydrogen) atoms. The normalized spacial score (nSPS) is 12.3. The molecule has 1 N–H and O–H groups in total. The van der Waals surface area contributed by atoms with Gasteiger partial charge in [0, 0.05) is 18.0 Å². The largest absolute Gasteiger partial charge is 0.472 e. The third kappa shape index (κ3) is 3.92. The van der Waals surface area contributed by atoms with Crippen LogP contribution in [0.15, 0.2) is 64.6 Å². The summed E-state index contributed by atoms with van der Waals surface area (Å²) in [6.45, 7) is -0.243. The monoisotopic (exact) mass is 383 g/mol. The van der Waals surface area contributed by atoms with E-state index in [1.165, 1.54) is 24.9 Å². The van der Waals surface area contributed by atoms with Gasteiger partial charge in [-0.05, 0) is 24.3 Å². The first-order chi connectivity index (χ1) is 12.3. The molecule has 2 aromatic heterocycles. The maximum atomic E-state index is 12.8. The average Bonchev–Trinajstić information content (AvgIpc) is 3.14. The number of nitrogens with one attached hydrogen (secondary N) is 1. The van der Waals surface area contributed by atoms with Crippen LogP contribution in [0.3, 0.4) is 0 Å². The molecular formula is C16H12F3N3O3S. The lowest BCUT2D eigenvalue weighted by Gasteiger charge is -2.11. The lowest BCUT2D eigenvalue weighted by atomic mass is 10.2. The zero-order chi connectivity index (χ0) is 18.8. The van der Waals surface area contributed by atoms with E-state index in [0.29, 0.717) is 23.0 Å². The molecule has 1 aromatic carbocycles. The summed E-state index contributed by atoms with van der Waals surface area (Å²) in [4.78, 5) is 7.73. The van der Waals surface area contributed by atoms with Crippen molar-refractivity contribution in [2.45, 2.75) is 17.6 Å². The highest BCUT2D eigenvalue weighted by molar-refractivity contribution is 7.89. The van der Waals surface area contributed by atoms with Crippen molar-refractivity contribution in [3.05, 3.63) is 66.5 Å². The van der Waals surface area contributed by atoms with Crippen LogP contribution in [0.2, 0.25) is 0 Å². The predicted molar refractivity (Wildman–Crippen MR) is 85.2 cm³/mol. The molecule has 0 unspecified atom stereocenters. The zero-order valence-corrected chi connectivity index (χ0v) is 13.9. The maximum absolute atomic E-state index is 12.8. The molecule has 136 valence electrons. The third-order valence-corrected chi connectivity index (χ3v) is 4.87. The van der Waals surface area contributed by atoms with E-state index < -0.39 is 26.7 Å². The molecule has 0 saturated carbocycles. The fraction of sp³-hybridized carbons (Fsp3) is 0.125. The first kappa shape index (κ1) is 18.1. The molecule has 0 amide bonds. The van der Waals surface area contributed by atoms with Crippen LogP contribution in [0.25, 0.3) is 11.3 Å². The summed E-state index contributed by atoms with van der Waals surface area (Å²) in [6, 6.07) is 5.14. The number of hydrogen-bond donors (Lipinski definition) is 1. The van der Waals surface area contributed by atoms with Gasteiger partial charge in [-0.2, -0.15) is 13.2 Å². The van der Waals surface area contributed by atoms with Crippen LogP contribution in [0, 0.1) is 0 Å². The van der Waals surface area contributed by atoms with E-state index in [1.54, 1.807) is 6.07 Å². The molecule has 10 heteroatoms. The van der Waals surface area contributed by atoms with Crippen LogP contribution < -0.4 is 4.72 Å². The Kier molecular flexibility index (Phi) is 4.79. The van der Waals surface area contributed by atoms with E-state index in [-0.39, 0.29) is 6.54 Å². The minimum atomic E-state index is -4.63. The Morgan fingerprint density at radius 3 is 2.58 bits per heavy atom. The highest BCUT2D eigenvalue weighted by Gasteiger charge is 2.31. The smallest absolute Gasteiger partial charge is 0.416 e. The number of rotatable bonds is 5. The number of halogens is 3. The maximum Gasteiger partial charge on any atom is 0.416 e. The second-order valence-corrected chi connectivity index (χ2v) is 6.98. The van der Waals surface area contributed by atoms with Crippen LogP contribution in [-0.2, 0) is 22.7 Å². The molecule has 2 heterocycles. The molecule has 0 aliphatic heterocycles. The van der Waals surface area contributed by atoms with E-state index in [2.05, 4.69) is 14.7 Å². The van der Waals surface area contributed by atoms with E-state index in [1.807, 2.05) is 0 Å². The summed E-state index contributed by atoms with van der Waals surface area (Å²) >= 11 is 0. The molecule has 0 saturated heterocycles. The van der Waals surface area contributed by atoms with Gasteiger partial charge in [-0.25, -0.2) is 13.1 Å². The number of alkyl halides is 3. The standard InChI is InChI=1S/C16H12F3N3O3S/c17-16(18,19)12-2-1-3-13(8-12)26(23,24)22-9-14-15(21-6-5-20-14)11-4-7-25-10-11/h1-8,10,22H,9H2. The molecule has 0 spiro atoms. The molecule has 3 aromatic rings. The van der Waals surface area contributed by atoms with Gasteiger partial charge in [0.1, 0.15) is 0 Å². The summed E-state index contributed by atoms with van der Waals surface area (Å²) in [7, 11) is -4.17. The van der Waals surface area contributed by atoms with Gasteiger partial charge < -0.3 is 4.42 Å². The second kappa shape index (κ2) is 6.89. The zero-order valence-electron chi connectivity index (χ0n) is 13.1. The Morgan fingerprint density at radius 1 is 1.12 bits per heavy atom. The summed E-state index contributed by atoms with van der Waals surface area (Å²) in [5.74, 6) is 0. The number of nitrogens with zero attached hydrogens (tertiary/aromatic N) is 2. The van der Waals surface area contributed by atoms with E-state index >= 15 is 0 Å². The molecule has 0 aliphatic rings. The van der Waals surface area contributed by atoms with Crippen LogP contribution in [-0.4, -0.2) is 18.4 Å². The van der Waals surface area contributed by atoms with E-state index in [0.717, 1.165) is 18.2 Å². The van der Waals surface area contributed by atoms with E-state index in [9.17, 15) is 21.6 Å². The number of furan rings is 1. The van der Waals surface area contributed by atoms with Gasteiger partial charge in [0.2, 0.25) is 10.0 Å². The molecule has 0 bridgehead atoms. The van der Waals surface area contributed by atoms with Crippen molar-refractivity contribution in [2.75, 3.05) is 0 Å². The highest BCUT2D eigenvalue weighted by Crippen LogP contribution is 2.30. The topological polar surface area (TPSA) is 85.1 Å². The van der Waals surface area contributed by atoms with Gasteiger partial charge in [0.05, 0.1) is 40.9 Å². The van der Waals surface area contributed by atoms with E-state index in [4.69, 9.17) is 4.42 Å². The summed E-state index contributed by atoms with van der Waals surface area (Å²) in [5, 5.41) is 0. The van der Waals surface area contributed by atoms with Crippen molar-refractivity contribution in [3.8, 4) is 11.3 Å². The minimum absolute atomic E-state index is 0.243. The van der Waals surface area contributed by atoms with Crippen LogP contribution >= 0.6 is 0 Å². The predicted octanol–water partition coefficient (Wildman–Crippen LogP) is 3.23. The van der Waals surface area contributed by atoms with Gasteiger partial charge in [-0.15, -0.1) is 0 Å². The molecular weight excluding hydrogens is 371 g/mol. The van der Waals surface area contributed by atoms with Crippen LogP contribution in [0.5, 0.6) is 0 Å². The van der Waals surface area contributed by atoms with Crippen molar-refractivity contribution in [2.24, 2.45) is 0 Å². The lowest BCUT2D eigenvalue weighted by molar-refractivity contribution is -0.137. The summed E-state index contributed by atoms with van der Waals surface area (Å²) in [6.07, 6.45) is 1.05. The van der Waals surface area contributed by atoms with Crippen molar-refractivity contribution >= 4 is 10.0 Å². The Hall–Kier alpha value is -2.72. The SMILES string of the molecule is O=S(=O)(NCc1nccnc1-c1ccoc1)c1cccc(C(F)(F)F)c1. The van der Waals surface area contributed by atoms with Gasteiger partial charge in [-0.1, -0.05) is 6.07 Å². The van der Waals surface area contributed by atoms with Crippen molar-refractivity contribution in [1.82, 2.24) is 14.7 Å². The Balaban J connectivity index is 1.84. The third-order valence-electron chi connectivity index (χ3n) is 3.47. The van der Waals surface area contributed by atoms with Crippen LogP contribution in [0.1, 0.15) is 11.3 Å². The summed E-state index contributed by atoms with van der Waals surface area (Å²) < 4.78 is 70.2. The molecule has 0 radical (unpaired) electrons. The second-order valence-electron chi connectivity index (χ2n) is 5.21. The molecule has 0 aliphatic carbocycles. The fourth-order valence-corrected chi connectivity index (χ4v) is 3.26.